The SMILES string of the molecule is c1ccc([SH]2NO2)nc1.c1ccc2ccccc2c1. The van der Waals surface area contributed by atoms with Gasteiger partial charge in [-0.1, -0.05) is 54.6 Å². The molecular formula is C15H14N2OS. The van der Waals surface area contributed by atoms with Crippen molar-refractivity contribution in [1.82, 2.24) is 9.87 Å². The van der Waals surface area contributed by atoms with E-state index in [1.807, 2.05) is 18.2 Å². The highest BCUT2D eigenvalue weighted by atomic mass is 32.2. The van der Waals surface area contributed by atoms with E-state index in [4.69, 9.17) is 4.28 Å². The highest BCUT2D eigenvalue weighted by molar-refractivity contribution is 8.15. The van der Waals surface area contributed by atoms with Crippen molar-refractivity contribution in [3.05, 3.63) is 72.9 Å². The average Bonchev–Trinajstić information content (AvgIpc) is 3.34. The van der Waals surface area contributed by atoms with Gasteiger partial charge in [0.25, 0.3) is 0 Å². The molecule has 1 N–H and O–H groups in total. The minimum atomic E-state index is -0.507. The molecule has 0 bridgehead atoms. The summed E-state index contributed by atoms with van der Waals surface area (Å²) in [7, 11) is 0. The van der Waals surface area contributed by atoms with Gasteiger partial charge in [-0.05, 0) is 34.3 Å². The Labute approximate surface area is 114 Å². The summed E-state index contributed by atoms with van der Waals surface area (Å²) in [4.78, 5) is 6.84. The summed E-state index contributed by atoms with van der Waals surface area (Å²) in [5.74, 6) is 0. The quantitative estimate of drug-likeness (QED) is 0.524. The first-order valence-corrected chi connectivity index (χ1v) is 7.27. The molecule has 1 unspecified atom stereocenters. The molecule has 1 atom stereocenters. The summed E-state index contributed by atoms with van der Waals surface area (Å²) >= 11 is -0.507. The molecule has 1 aliphatic rings. The lowest BCUT2D eigenvalue weighted by Crippen LogP contribution is -1.75. The Hall–Kier alpha value is -1.88. The van der Waals surface area contributed by atoms with Crippen molar-refractivity contribution >= 4 is 22.1 Å². The van der Waals surface area contributed by atoms with Gasteiger partial charge >= 0.3 is 0 Å². The summed E-state index contributed by atoms with van der Waals surface area (Å²) in [6.07, 6.45) is 1.76. The smallest absolute Gasteiger partial charge is 0.115 e. The number of nitrogens with one attached hydrogen (secondary N) is 1. The second kappa shape index (κ2) is 5.84. The van der Waals surface area contributed by atoms with E-state index < -0.39 is 11.4 Å². The van der Waals surface area contributed by atoms with Gasteiger partial charge in [0.15, 0.2) is 0 Å². The van der Waals surface area contributed by atoms with Crippen molar-refractivity contribution in [2.45, 2.75) is 5.03 Å². The number of fused-ring (bicyclic) bond motifs is 1. The third-order valence-electron chi connectivity index (χ3n) is 2.70. The molecule has 0 saturated carbocycles. The van der Waals surface area contributed by atoms with Gasteiger partial charge in [0.1, 0.15) is 5.03 Å². The highest BCUT2D eigenvalue weighted by Crippen LogP contribution is 2.41. The maximum atomic E-state index is 4.85. The van der Waals surface area contributed by atoms with Gasteiger partial charge in [-0.15, -0.1) is 4.89 Å². The zero-order valence-electron chi connectivity index (χ0n) is 10.2. The second-order valence-corrected chi connectivity index (χ2v) is 5.42. The molecule has 2 heterocycles. The first-order chi connectivity index (χ1) is 9.43. The molecule has 0 spiro atoms. The Bertz CT molecular complexity index is 591. The largest absolute Gasteiger partial charge is 0.248 e. The van der Waals surface area contributed by atoms with Crippen LogP contribution in [0, 0.1) is 0 Å². The van der Waals surface area contributed by atoms with Gasteiger partial charge in [0.2, 0.25) is 0 Å². The maximum Gasteiger partial charge on any atom is 0.115 e. The Kier molecular flexibility index (Phi) is 3.74. The summed E-state index contributed by atoms with van der Waals surface area (Å²) in [6, 6.07) is 22.5. The number of hydrogen-bond acceptors (Lipinski definition) is 3. The summed E-state index contributed by atoms with van der Waals surface area (Å²) < 4.78 is 4.85. The van der Waals surface area contributed by atoms with Crippen molar-refractivity contribution in [1.29, 1.82) is 0 Å². The molecule has 1 aromatic heterocycles. The zero-order chi connectivity index (χ0) is 12.9. The Morgan fingerprint density at radius 1 is 0.789 bits per heavy atom. The molecule has 3 nitrogen and oxygen atoms in total. The molecule has 3 aromatic rings. The lowest BCUT2D eigenvalue weighted by atomic mass is 10.1. The number of thiol groups is 1. The van der Waals surface area contributed by atoms with Crippen molar-refractivity contribution in [3.8, 4) is 0 Å². The number of nitrogens with zero attached hydrogens (tertiary/aromatic N) is 1. The van der Waals surface area contributed by atoms with E-state index in [0.29, 0.717) is 0 Å². The maximum absolute atomic E-state index is 4.85. The molecule has 1 fully saturated rings. The van der Waals surface area contributed by atoms with Crippen LogP contribution in [-0.2, 0) is 4.28 Å². The van der Waals surface area contributed by atoms with Crippen molar-refractivity contribution in [3.63, 3.8) is 0 Å². The topological polar surface area (TPSA) is 47.4 Å². The Morgan fingerprint density at radius 2 is 1.32 bits per heavy atom. The monoisotopic (exact) mass is 270 g/mol. The van der Waals surface area contributed by atoms with Crippen LogP contribution in [0.1, 0.15) is 0 Å². The predicted octanol–water partition coefficient (Wildman–Crippen LogP) is 3.65. The van der Waals surface area contributed by atoms with Crippen LogP contribution in [0.5, 0.6) is 0 Å². The van der Waals surface area contributed by atoms with Crippen LogP contribution in [0.15, 0.2) is 78.0 Å². The molecule has 1 aliphatic heterocycles. The summed E-state index contributed by atoms with van der Waals surface area (Å²) in [5, 5.41) is 3.63. The van der Waals surface area contributed by atoms with Gasteiger partial charge in [-0.25, -0.2) is 9.27 Å². The fourth-order valence-electron chi connectivity index (χ4n) is 1.72. The molecule has 19 heavy (non-hydrogen) atoms. The molecular weight excluding hydrogens is 256 g/mol. The van der Waals surface area contributed by atoms with Crippen LogP contribution in [0.25, 0.3) is 10.8 Å². The first-order valence-electron chi connectivity index (χ1n) is 6.01. The molecule has 2 aromatic carbocycles. The summed E-state index contributed by atoms with van der Waals surface area (Å²) in [6.45, 7) is 0. The van der Waals surface area contributed by atoms with Crippen LogP contribution in [0.3, 0.4) is 0 Å². The van der Waals surface area contributed by atoms with Gasteiger partial charge in [0.05, 0.1) is 0 Å². The summed E-state index contributed by atoms with van der Waals surface area (Å²) in [5.41, 5.74) is 0. The third-order valence-corrected chi connectivity index (χ3v) is 3.74. The number of pyridine rings is 1. The predicted molar refractivity (Wildman–Crippen MR) is 79.7 cm³/mol. The lowest BCUT2D eigenvalue weighted by molar-refractivity contribution is 0.469. The van der Waals surface area contributed by atoms with Crippen molar-refractivity contribution in [2.24, 2.45) is 0 Å². The van der Waals surface area contributed by atoms with Gasteiger partial charge in [0, 0.05) is 6.20 Å². The van der Waals surface area contributed by atoms with E-state index in [-0.39, 0.29) is 0 Å². The van der Waals surface area contributed by atoms with Gasteiger partial charge in [-0.3, -0.25) is 0 Å². The Balaban J connectivity index is 0.000000117. The van der Waals surface area contributed by atoms with Crippen molar-refractivity contribution in [2.75, 3.05) is 0 Å². The fraction of sp³-hybridized carbons (Fsp3) is 0. The van der Waals surface area contributed by atoms with E-state index in [9.17, 15) is 0 Å². The van der Waals surface area contributed by atoms with Crippen molar-refractivity contribution < 1.29 is 4.28 Å². The number of rotatable bonds is 1. The molecule has 4 heteroatoms. The number of aromatic nitrogens is 1. The average molecular weight is 270 g/mol. The van der Waals surface area contributed by atoms with Crippen LogP contribution >= 0.6 is 11.4 Å². The zero-order valence-corrected chi connectivity index (χ0v) is 11.1. The highest BCUT2D eigenvalue weighted by Gasteiger charge is 2.19. The first kappa shape index (κ1) is 12.2. The molecule has 1 saturated heterocycles. The van der Waals surface area contributed by atoms with Gasteiger partial charge < -0.3 is 0 Å². The minimum Gasteiger partial charge on any atom is -0.248 e. The number of hydrogen-bond donors (Lipinski definition) is 2. The minimum absolute atomic E-state index is 0.507. The molecule has 96 valence electrons. The second-order valence-electron chi connectivity index (χ2n) is 4.01. The van der Waals surface area contributed by atoms with E-state index in [1.165, 1.54) is 10.8 Å². The molecule has 0 radical (unpaired) electrons. The normalized spacial score (nSPS) is 18.4. The molecule has 4 rings (SSSR count). The molecule has 0 amide bonds. The van der Waals surface area contributed by atoms with E-state index in [2.05, 4.69) is 58.4 Å². The third kappa shape index (κ3) is 3.32. The van der Waals surface area contributed by atoms with E-state index in [0.717, 1.165) is 5.03 Å². The lowest BCUT2D eigenvalue weighted by Gasteiger charge is -1.92. The number of benzene rings is 2. The van der Waals surface area contributed by atoms with Gasteiger partial charge in [-0.2, -0.15) is 0 Å². The fourth-order valence-corrected chi connectivity index (χ4v) is 2.46. The van der Waals surface area contributed by atoms with E-state index >= 15 is 0 Å². The van der Waals surface area contributed by atoms with Crippen LogP contribution in [0.2, 0.25) is 0 Å². The standard InChI is InChI=1S/C10H8.C5H6N2OS/c1-2-6-10-8-4-3-7-9(10)5-1;1-2-4-6-5(3-1)9-7-8-9/h1-8H;1-4,7,9H. The molecule has 0 aliphatic carbocycles. The van der Waals surface area contributed by atoms with Crippen LogP contribution in [-0.4, -0.2) is 4.98 Å². The Morgan fingerprint density at radius 3 is 1.74 bits per heavy atom. The van der Waals surface area contributed by atoms with E-state index in [1.54, 1.807) is 6.20 Å². The van der Waals surface area contributed by atoms with Crippen LogP contribution in [0.4, 0.5) is 0 Å². The van der Waals surface area contributed by atoms with Crippen LogP contribution < -0.4 is 4.89 Å².